The van der Waals surface area contributed by atoms with Crippen LogP contribution in [-0.2, 0) is 0 Å². The molecule has 0 bridgehead atoms. The van der Waals surface area contributed by atoms with Crippen LogP contribution in [-0.4, -0.2) is 41.6 Å². The fourth-order valence-corrected chi connectivity index (χ4v) is 3.64. The molecule has 0 saturated carbocycles. The summed E-state index contributed by atoms with van der Waals surface area (Å²) in [5.74, 6) is 0.120. The molecule has 2 aromatic heterocycles. The summed E-state index contributed by atoms with van der Waals surface area (Å²) >= 11 is 0. The van der Waals surface area contributed by atoms with Crippen molar-refractivity contribution in [2.45, 2.75) is 12.5 Å². The number of rotatable bonds is 4. The maximum Gasteiger partial charge on any atom is 0.342 e. The fraction of sp³-hybridized carbons (Fsp3) is 0.0870. The predicted molar refractivity (Wildman–Crippen MR) is 118 cm³/mol. The molecule has 158 valence electrons. The summed E-state index contributed by atoms with van der Waals surface area (Å²) in [5.41, 5.74) is 3.63. The van der Waals surface area contributed by atoms with Crippen molar-refractivity contribution in [3.8, 4) is 11.4 Å². The molecule has 1 atom stereocenters. The first-order valence-electron chi connectivity index (χ1n) is 10.00. The molecule has 1 aliphatic rings. The van der Waals surface area contributed by atoms with Crippen molar-refractivity contribution in [1.29, 1.82) is 0 Å². The van der Waals surface area contributed by atoms with Crippen molar-refractivity contribution in [3.63, 3.8) is 0 Å². The quantitative estimate of drug-likeness (QED) is 0.518. The van der Waals surface area contributed by atoms with Gasteiger partial charge < -0.3 is 10.4 Å². The van der Waals surface area contributed by atoms with E-state index >= 15 is 0 Å². The molecule has 0 saturated heterocycles. The molecule has 2 amide bonds. The van der Waals surface area contributed by atoms with Crippen LogP contribution in [0.5, 0.6) is 5.75 Å². The van der Waals surface area contributed by atoms with Gasteiger partial charge in [0.1, 0.15) is 18.4 Å². The molecule has 3 heterocycles. The number of nitrogens with one attached hydrogen (secondary N) is 1. The second-order valence-corrected chi connectivity index (χ2v) is 7.23. The van der Waals surface area contributed by atoms with Crippen molar-refractivity contribution < 1.29 is 9.90 Å². The number of pyridine rings is 1. The number of phenolic OH excluding ortho intramolecular Hbond substituents is 1. The van der Waals surface area contributed by atoms with E-state index in [9.17, 15) is 9.90 Å². The molecule has 0 radical (unpaired) electrons. The van der Waals surface area contributed by atoms with E-state index in [1.54, 1.807) is 53.7 Å². The normalized spacial score (nSPS) is 15.4. The molecule has 0 fully saturated rings. The van der Waals surface area contributed by atoms with E-state index in [0.717, 1.165) is 17.0 Å². The highest BCUT2D eigenvalue weighted by Gasteiger charge is 2.34. The molecule has 4 aromatic rings. The van der Waals surface area contributed by atoms with Gasteiger partial charge in [-0.1, -0.05) is 24.3 Å². The molecule has 2 N–H and O–H groups in total. The Balaban J connectivity index is 1.42. The Labute approximate surface area is 183 Å². The number of para-hydroxylation sites is 1. The number of urea groups is 1. The lowest BCUT2D eigenvalue weighted by Gasteiger charge is -2.23. The number of amides is 2. The monoisotopic (exact) mass is 425 g/mol. The van der Waals surface area contributed by atoms with E-state index < -0.39 is 12.1 Å². The largest absolute Gasteiger partial charge is 0.508 e. The summed E-state index contributed by atoms with van der Waals surface area (Å²) in [6.07, 6.45) is 6.92. The molecule has 0 spiro atoms. The van der Waals surface area contributed by atoms with Gasteiger partial charge in [0.05, 0.1) is 17.4 Å². The lowest BCUT2D eigenvalue weighted by Crippen LogP contribution is -2.31. The molecule has 1 unspecified atom stereocenters. The molecular formula is C23H19N7O2. The van der Waals surface area contributed by atoms with E-state index in [1.807, 2.05) is 30.3 Å². The van der Waals surface area contributed by atoms with Crippen molar-refractivity contribution in [2.24, 2.45) is 5.10 Å². The molecule has 1 aliphatic heterocycles. The minimum Gasteiger partial charge on any atom is -0.508 e. The van der Waals surface area contributed by atoms with Crippen LogP contribution in [0.25, 0.3) is 5.69 Å². The Bertz CT molecular complexity index is 1260. The van der Waals surface area contributed by atoms with Crippen LogP contribution in [0, 0.1) is 0 Å². The van der Waals surface area contributed by atoms with Crippen molar-refractivity contribution in [2.75, 3.05) is 5.32 Å². The Kier molecular flexibility index (Phi) is 5.04. The average Bonchev–Trinajstić information content (AvgIpc) is 3.51. The maximum atomic E-state index is 13.2. The number of phenols is 1. The van der Waals surface area contributed by atoms with E-state index in [2.05, 4.69) is 25.5 Å². The summed E-state index contributed by atoms with van der Waals surface area (Å²) in [6, 6.07) is 17.1. The van der Waals surface area contributed by atoms with Gasteiger partial charge in [-0.3, -0.25) is 4.98 Å². The first-order valence-corrected chi connectivity index (χ1v) is 10.00. The second kappa shape index (κ2) is 8.31. The fourth-order valence-electron chi connectivity index (χ4n) is 3.64. The van der Waals surface area contributed by atoms with Crippen LogP contribution >= 0.6 is 0 Å². The minimum atomic E-state index is -0.444. The SMILES string of the molecule is O=C(Nc1ccc(-n2cncn2)cc1)N1N=C(c2cccnc2)CC1c1ccccc1O. The van der Waals surface area contributed by atoms with Crippen LogP contribution in [0.2, 0.25) is 0 Å². The van der Waals surface area contributed by atoms with Gasteiger partial charge in [-0.05, 0) is 36.4 Å². The zero-order chi connectivity index (χ0) is 21.9. The smallest absolute Gasteiger partial charge is 0.342 e. The van der Waals surface area contributed by atoms with Crippen LogP contribution in [0.1, 0.15) is 23.6 Å². The lowest BCUT2D eigenvalue weighted by molar-refractivity contribution is 0.199. The third-order valence-electron chi connectivity index (χ3n) is 5.21. The van der Waals surface area contributed by atoms with E-state index in [4.69, 9.17) is 0 Å². The van der Waals surface area contributed by atoms with Gasteiger partial charge in [0, 0.05) is 35.6 Å². The van der Waals surface area contributed by atoms with E-state index in [1.165, 1.54) is 11.3 Å². The van der Waals surface area contributed by atoms with E-state index in [-0.39, 0.29) is 5.75 Å². The Hall–Kier alpha value is -4.53. The first kappa shape index (κ1) is 19.4. The topological polar surface area (TPSA) is 109 Å². The predicted octanol–water partition coefficient (Wildman–Crippen LogP) is 3.75. The standard InChI is InChI=1S/C23H19N7O2/c31-22-6-2-1-5-19(22)21-12-20(16-4-3-11-24-13-16)28-30(21)23(32)27-17-7-9-18(10-8-17)29-15-25-14-26-29/h1-11,13-15,21,31H,12H2,(H,27,32). The summed E-state index contributed by atoms with van der Waals surface area (Å²) < 4.78 is 1.63. The zero-order valence-corrected chi connectivity index (χ0v) is 16.9. The molecule has 2 aromatic carbocycles. The Morgan fingerprint density at radius 1 is 1.03 bits per heavy atom. The van der Waals surface area contributed by atoms with Crippen LogP contribution in [0.4, 0.5) is 10.5 Å². The summed E-state index contributed by atoms with van der Waals surface area (Å²) in [6.45, 7) is 0. The van der Waals surface area contributed by atoms with Gasteiger partial charge in [-0.25, -0.2) is 19.5 Å². The van der Waals surface area contributed by atoms with Gasteiger partial charge in [0.2, 0.25) is 0 Å². The maximum absolute atomic E-state index is 13.2. The minimum absolute atomic E-state index is 0.120. The van der Waals surface area contributed by atoms with Gasteiger partial charge in [-0.15, -0.1) is 0 Å². The number of nitrogens with zero attached hydrogens (tertiary/aromatic N) is 6. The number of hydrazone groups is 1. The summed E-state index contributed by atoms with van der Waals surface area (Å²) in [5, 5.41) is 23.3. The van der Waals surface area contributed by atoms with Gasteiger partial charge in [-0.2, -0.15) is 10.2 Å². The number of anilines is 1. The van der Waals surface area contributed by atoms with Gasteiger partial charge in [0.25, 0.3) is 0 Å². The molecule has 9 nitrogen and oxygen atoms in total. The number of hydrogen-bond acceptors (Lipinski definition) is 6. The number of aromatic nitrogens is 4. The number of hydrogen-bond donors (Lipinski definition) is 2. The molecular weight excluding hydrogens is 406 g/mol. The van der Waals surface area contributed by atoms with Crippen molar-refractivity contribution in [1.82, 2.24) is 24.8 Å². The number of benzene rings is 2. The van der Waals surface area contributed by atoms with Crippen molar-refractivity contribution in [3.05, 3.63) is 96.8 Å². The van der Waals surface area contributed by atoms with Gasteiger partial charge >= 0.3 is 6.03 Å². The molecule has 0 aliphatic carbocycles. The Morgan fingerprint density at radius 2 is 1.88 bits per heavy atom. The lowest BCUT2D eigenvalue weighted by atomic mass is 9.98. The van der Waals surface area contributed by atoms with Crippen LogP contribution in [0.15, 0.2) is 90.8 Å². The summed E-state index contributed by atoms with van der Waals surface area (Å²) in [7, 11) is 0. The highest BCUT2D eigenvalue weighted by atomic mass is 16.3. The zero-order valence-electron chi connectivity index (χ0n) is 16.9. The van der Waals surface area contributed by atoms with Crippen molar-refractivity contribution >= 4 is 17.4 Å². The third kappa shape index (κ3) is 3.79. The first-order chi connectivity index (χ1) is 15.7. The van der Waals surface area contributed by atoms with E-state index in [0.29, 0.717) is 17.7 Å². The molecule has 32 heavy (non-hydrogen) atoms. The number of aromatic hydroxyl groups is 1. The van der Waals surface area contributed by atoms with Crippen LogP contribution < -0.4 is 5.32 Å². The highest BCUT2D eigenvalue weighted by molar-refractivity contribution is 6.04. The molecule has 5 rings (SSSR count). The number of carbonyl (C=O) groups is 1. The summed E-state index contributed by atoms with van der Waals surface area (Å²) in [4.78, 5) is 21.3. The van der Waals surface area contributed by atoms with Crippen LogP contribution in [0.3, 0.4) is 0 Å². The third-order valence-corrected chi connectivity index (χ3v) is 5.21. The second-order valence-electron chi connectivity index (χ2n) is 7.23. The molecule has 9 heteroatoms. The highest BCUT2D eigenvalue weighted by Crippen LogP contribution is 2.37. The van der Waals surface area contributed by atoms with Gasteiger partial charge in [0.15, 0.2) is 0 Å². The number of carbonyl (C=O) groups excluding carboxylic acids is 1. The average molecular weight is 425 g/mol. The Morgan fingerprint density at radius 3 is 2.59 bits per heavy atom.